The fraction of sp³-hybridized carbons (Fsp3) is 0.531. The Kier molecular flexibility index (Phi) is 10.7. The molecule has 4 heterocycles. The number of halogens is 1. The molecule has 0 radical (unpaired) electrons. The number of carboxylic acids is 2. The third-order valence-corrected chi connectivity index (χ3v) is 17.2. The monoisotopic (exact) mass is 901 g/mol. The van der Waals surface area contributed by atoms with Gasteiger partial charge in [-0.05, 0) is 113 Å². The molecule has 2 aromatic heterocycles. The first-order chi connectivity index (χ1) is 31.2. The molecule has 10 rings (SSSR count). The van der Waals surface area contributed by atoms with Gasteiger partial charge in [0.15, 0.2) is 11.6 Å². The Morgan fingerprint density at radius 1 is 0.692 bits per heavy atom. The molecule has 0 unspecified atom stereocenters. The maximum atomic E-state index is 13.9. The van der Waals surface area contributed by atoms with Crippen LogP contribution in [0, 0.1) is 33.0 Å². The van der Waals surface area contributed by atoms with E-state index in [1.807, 2.05) is 23.2 Å². The second kappa shape index (κ2) is 16.1. The first kappa shape index (κ1) is 43.3. The lowest BCUT2D eigenvalue weighted by molar-refractivity contribution is -0.149. The number of carbonyl (C=O) groups is 4. The summed E-state index contributed by atoms with van der Waals surface area (Å²) in [5.74, 6) is -1.61. The van der Waals surface area contributed by atoms with Crippen molar-refractivity contribution >= 4 is 46.7 Å². The first-order valence-corrected chi connectivity index (χ1v) is 23.5. The molecule has 4 aliphatic carbocycles. The molecule has 4 fully saturated rings. The van der Waals surface area contributed by atoms with E-state index in [0.29, 0.717) is 35.6 Å². The van der Waals surface area contributed by atoms with Crippen LogP contribution in [0.1, 0.15) is 127 Å². The lowest BCUT2D eigenvalue weighted by Gasteiger charge is -2.32. The van der Waals surface area contributed by atoms with Crippen LogP contribution in [0.15, 0.2) is 36.4 Å². The summed E-state index contributed by atoms with van der Waals surface area (Å²) in [6.07, 6.45) is 12.0. The van der Waals surface area contributed by atoms with Crippen molar-refractivity contribution in [3.05, 3.63) is 81.4 Å². The molecule has 4 aromatic rings. The van der Waals surface area contributed by atoms with E-state index < -0.39 is 34.6 Å². The number of nitriles is 1. The van der Waals surface area contributed by atoms with Crippen molar-refractivity contribution in [2.45, 2.75) is 103 Å². The number of aromatic nitrogens is 4. The highest BCUT2D eigenvalue weighted by molar-refractivity contribution is 6.36. The highest BCUT2D eigenvalue weighted by Crippen LogP contribution is 2.64. The number of nitrogens with zero attached hydrogens (tertiary/aromatic N) is 7. The lowest BCUT2D eigenvalue weighted by atomic mass is 9.80. The molecule has 0 spiro atoms. The van der Waals surface area contributed by atoms with Gasteiger partial charge in [0, 0.05) is 75.6 Å². The van der Waals surface area contributed by atoms with E-state index in [1.165, 1.54) is 0 Å². The molecule has 4 saturated carbocycles. The van der Waals surface area contributed by atoms with Crippen LogP contribution in [0.3, 0.4) is 0 Å². The van der Waals surface area contributed by atoms with Gasteiger partial charge in [-0.25, -0.2) is 9.97 Å². The molecule has 340 valence electrons. The van der Waals surface area contributed by atoms with E-state index in [0.717, 1.165) is 139 Å². The van der Waals surface area contributed by atoms with Crippen LogP contribution in [0.2, 0.25) is 5.02 Å². The Morgan fingerprint density at radius 2 is 1.14 bits per heavy atom. The number of carbonyl (C=O) groups excluding carboxylic acids is 2. The number of hydrogen-bond acceptors (Lipinski definition) is 9. The predicted molar refractivity (Wildman–Crippen MR) is 242 cm³/mol. The molecule has 4 bridgehead atoms. The zero-order chi connectivity index (χ0) is 45.5. The zero-order valence-electron chi connectivity index (χ0n) is 37.1. The van der Waals surface area contributed by atoms with Crippen LogP contribution in [-0.4, -0.2) is 89.0 Å². The van der Waals surface area contributed by atoms with Crippen LogP contribution in [0.5, 0.6) is 0 Å². The van der Waals surface area contributed by atoms with E-state index in [1.54, 1.807) is 36.4 Å². The van der Waals surface area contributed by atoms with Gasteiger partial charge in [0.25, 0.3) is 11.8 Å². The van der Waals surface area contributed by atoms with Crippen LogP contribution >= 0.6 is 11.6 Å². The molecule has 2 amide bonds. The number of imidazole rings is 2. The average molecular weight is 902 g/mol. The third kappa shape index (κ3) is 7.42. The third-order valence-electron chi connectivity index (χ3n) is 16.8. The van der Waals surface area contributed by atoms with Gasteiger partial charge in [-0.2, -0.15) is 5.26 Å². The van der Waals surface area contributed by atoms with Gasteiger partial charge in [-0.1, -0.05) is 35.9 Å². The summed E-state index contributed by atoms with van der Waals surface area (Å²) in [5, 5.41) is 36.3. The fourth-order valence-corrected chi connectivity index (χ4v) is 13.1. The lowest BCUT2D eigenvalue weighted by Crippen LogP contribution is -2.34. The normalized spacial score (nSPS) is 26.7. The number of anilines is 2. The van der Waals surface area contributed by atoms with Gasteiger partial charge in [-0.15, -0.1) is 0 Å². The number of nitrogens with one attached hydrogen (secondary N) is 2. The smallest absolute Gasteiger partial charge is 0.309 e. The van der Waals surface area contributed by atoms with Crippen LogP contribution in [-0.2, 0) is 49.6 Å². The van der Waals surface area contributed by atoms with Crippen LogP contribution in [0.4, 0.5) is 11.4 Å². The topological polar surface area (TPSA) is 199 Å². The van der Waals surface area contributed by atoms with Gasteiger partial charge in [0.05, 0.1) is 44.2 Å². The van der Waals surface area contributed by atoms with E-state index >= 15 is 0 Å². The Bertz CT molecular complexity index is 2680. The Balaban J connectivity index is 0.792. The summed E-state index contributed by atoms with van der Waals surface area (Å²) in [6, 6.07) is 12.7. The highest BCUT2D eigenvalue weighted by atomic mass is 35.5. The first-order valence-electron chi connectivity index (χ1n) is 23.1. The van der Waals surface area contributed by atoms with Gasteiger partial charge in [0.1, 0.15) is 6.07 Å². The summed E-state index contributed by atoms with van der Waals surface area (Å²) >= 11 is 7.03. The number of rotatable bonds is 13. The summed E-state index contributed by atoms with van der Waals surface area (Å²) in [7, 11) is 3.69. The SMILES string of the molecule is Cn1c(C(=O)Nc2cccc(-c3cccc(NC(=O)c4nc5c(n4C)CCN(CCC46CCC(C(=O)O)(CC4)C6)C5)c3C#N)c2Cl)nc2c1CCN(CCC13CCC(C(=O)O)(CC1)C3)C2. The summed E-state index contributed by atoms with van der Waals surface area (Å²) in [5.41, 5.74) is 4.77. The average Bonchev–Trinajstić information content (AvgIpc) is 4.16. The molecule has 6 aliphatic rings. The molecular weight excluding hydrogens is 846 g/mol. The molecule has 4 N–H and O–H groups in total. The summed E-state index contributed by atoms with van der Waals surface area (Å²) < 4.78 is 3.68. The van der Waals surface area contributed by atoms with Crippen molar-refractivity contribution in [3.8, 4) is 17.2 Å². The standard InChI is InChI=1S/C49H56ClN9O6/c1-56-37-9-21-58(23-19-46-11-15-48(28-46,16-12-46)44(62)63)26-35(37)52-40(56)42(60)54-33-7-3-5-30(32(33)25-51)31-6-4-8-34(39(31)50)55-43(61)41-53-36-27-59(22-10-38(36)57(41)2)24-20-47-13-17-49(29-47,18-14-47)45(64)65/h3-8H,9-24,26-29H2,1-2H3,(H,54,60)(H,55,61)(H,62,63)(H,64,65). The van der Waals surface area contributed by atoms with Crippen LogP contribution < -0.4 is 10.6 Å². The molecule has 0 saturated heterocycles. The van der Waals surface area contributed by atoms with Crippen molar-refractivity contribution in [3.63, 3.8) is 0 Å². The van der Waals surface area contributed by atoms with Crippen molar-refractivity contribution in [1.29, 1.82) is 5.26 Å². The summed E-state index contributed by atoms with van der Waals surface area (Å²) in [6.45, 7) is 4.64. The van der Waals surface area contributed by atoms with E-state index in [4.69, 9.17) is 21.6 Å². The summed E-state index contributed by atoms with van der Waals surface area (Å²) in [4.78, 5) is 66.1. The highest BCUT2D eigenvalue weighted by Gasteiger charge is 2.59. The largest absolute Gasteiger partial charge is 0.481 e. The Labute approximate surface area is 383 Å². The van der Waals surface area contributed by atoms with Crippen molar-refractivity contribution < 1.29 is 29.4 Å². The van der Waals surface area contributed by atoms with Gasteiger partial charge in [-0.3, -0.25) is 29.0 Å². The predicted octanol–water partition coefficient (Wildman–Crippen LogP) is 7.42. The maximum Gasteiger partial charge on any atom is 0.309 e. The quantitative estimate of drug-likeness (QED) is 0.104. The fourth-order valence-electron chi connectivity index (χ4n) is 12.9. The molecule has 0 atom stereocenters. The molecule has 2 aromatic carbocycles. The van der Waals surface area contributed by atoms with E-state index in [9.17, 15) is 34.7 Å². The number of amides is 2. The number of benzene rings is 2. The molecule has 15 nitrogen and oxygen atoms in total. The maximum absolute atomic E-state index is 13.9. The number of hydrogen-bond donors (Lipinski definition) is 4. The molecule has 65 heavy (non-hydrogen) atoms. The number of aliphatic carboxylic acids is 2. The molecular formula is C49H56ClN9O6. The van der Waals surface area contributed by atoms with Crippen LogP contribution in [0.25, 0.3) is 11.1 Å². The van der Waals surface area contributed by atoms with Crippen molar-refractivity contribution in [2.24, 2.45) is 35.8 Å². The van der Waals surface area contributed by atoms with E-state index in [2.05, 4.69) is 26.5 Å². The minimum absolute atomic E-state index is 0.109. The van der Waals surface area contributed by atoms with Gasteiger partial charge in [0.2, 0.25) is 0 Å². The molecule has 2 aliphatic heterocycles. The number of fused-ring (bicyclic) bond motifs is 6. The number of carboxylic acid groups (broad SMARTS) is 2. The minimum atomic E-state index is -0.641. The Hall–Kier alpha value is -5.56. The van der Waals surface area contributed by atoms with Gasteiger partial charge < -0.3 is 30.0 Å². The second-order valence-electron chi connectivity index (χ2n) is 20.3. The second-order valence-corrected chi connectivity index (χ2v) is 20.6. The van der Waals surface area contributed by atoms with Gasteiger partial charge >= 0.3 is 11.9 Å². The van der Waals surface area contributed by atoms with Crippen molar-refractivity contribution in [1.82, 2.24) is 28.9 Å². The zero-order valence-corrected chi connectivity index (χ0v) is 37.9. The van der Waals surface area contributed by atoms with Crippen molar-refractivity contribution in [2.75, 3.05) is 36.8 Å². The molecule has 16 heteroatoms. The minimum Gasteiger partial charge on any atom is -0.481 e. The van der Waals surface area contributed by atoms with E-state index in [-0.39, 0.29) is 33.1 Å². The Morgan fingerprint density at radius 3 is 1.58 bits per heavy atom.